The van der Waals surface area contributed by atoms with Crippen molar-refractivity contribution < 1.29 is 9.53 Å². The van der Waals surface area contributed by atoms with Crippen LogP contribution in [0.25, 0.3) is 0 Å². The summed E-state index contributed by atoms with van der Waals surface area (Å²) in [5, 5.41) is 2.79. The number of carbonyl (C=O) groups excluding carboxylic acids is 1. The van der Waals surface area contributed by atoms with Crippen molar-refractivity contribution in [3.05, 3.63) is 35.9 Å². The van der Waals surface area contributed by atoms with Crippen molar-refractivity contribution in [1.82, 2.24) is 5.32 Å². The van der Waals surface area contributed by atoms with E-state index in [1.807, 2.05) is 44.2 Å². The summed E-state index contributed by atoms with van der Waals surface area (Å²) < 4.78 is 5.42. The fourth-order valence-corrected chi connectivity index (χ4v) is 1.39. The third kappa shape index (κ3) is 5.80. The molecule has 0 aromatic heterocycles. The van der Waals surface area contributed by atoms with Gasteiger partial charge in [0.1, 0.15) is 6.04 Å². The van der Waals surface area contributed by atoms with Crippen LogP contribution in [0, 0.1) is 5.92 Å². The van der Waals surface area contributed by atoms with E-state index in [2.05, 4.69) is 5.32 Å². The summed E-state index contributed by atoms with van der Waals surface area (Å²) in [6, 6.07) is 9.21. The quantitative estimate of drug-likeness (QED) is 0.766. The summed E-state index contributed by atoms with van der Waals surface area (Å²) in [5.74, 6) is 0.267. The Hall–Kier alpha value is -1.39. The Balaban J connectivity index is 2.20. The zero-order valence-corrected chi connectivity index (χ0v) is 11.1. The second-order valence-corrected chi connectivity index (χ2v) is 4.75. The Morgan fingerprint density at radius 2 is 2.00 bits per heavy atom. The minimum Gasteiger partial charge on any atom is -0.375 e. The monoisotopic (exact) mass is 250 g/mol. The Labute approximate surface area is 109 Å². The third-order valence-electron chi connectivity index (χ3n) is 2.43. The molecule has 1 atom stereocenters. The Morgan fingerprint density at radius 3 is 2.61 bits per heavy atom. The number of carbonyl (C=O) groups is 1. The van der Waals surface area contributed by atoms with E-state index in [1.165, 1.54) is 0 Å². The molecule has 1 aromatic carbocycles. The van der Waals surface area contributed by atoms with Crippen LogP contribution < -0.4 is 11.1 Å². The van der Waals surface area contributed by atoms with Gasteiger partial charge in [-0.1, -0.05) is 44.2 Å². The molecule has 0 unspecified atom stereocenters. The molecule has 0 fully saturated rings. The molecule has 0 aliphatic heterocycles. The second-order valence-electron chi connectivity index (χ2n) is 4.75. The molecule has 0 aliphatic carbocycles. The first-order valence-corrected chi connectivity index (χ1v) is 6.24. The summed E-state index contributed by atoms with van der Waals surface area (Å²) in [5.41, 5.74) is 6.81. The summed E-state index contributed by atoms with van der Waals surface area (Å²) in [6.45, 7) is 5.44. The van der Waals surface area contributed by atoms with Crippen LogP contribution in [-0.4, -0.2) is 25.1 Å². The normalized spacial score (nSPS) is 12.4. The van der Waals surface area contributed by atoms with Gasteiger partial charge < -0.3 is 15.8 Å². The van der Waals surface area contributed by atoms with Gasteiger partial charge in [0.15, 0.2) is 0 Å². The van der Waals surface area contributed by atoms with Crippen LogP contribution in [-0.2, 0) is 16.1 Å². The largest absolute Gasteiger partial charge is 0.375 e. The van der Waals surface area contributed by atoms with E-state index in [4.69, 9.17) is 10.5 Å². The van der Waals surface area contributed by atoms with Crippen molar-refractivity contribution >= 4 is 5.91 Å². The Morgan fingerprint density at radius 1 is 1.33 bits per heavy atom. The lowest BCUT2D eigenvalue weighted by molar-refractivity contribution is -0.123. The third-order valence-corrected chi connectivity index (χ3v) is 2.43. The lowest BCUT2D eigenvalue weighted by Gasteiger charge is -2.13. The zero-order chi connectivity index (χ0) is 13.4. The topological polar surface area (TPSA) is 64.4 Å². The zero-order valence-electron chi connectivity index (χ0n) is 11.1. The summed E-state index contributed by atoms with van der Waals surface area (Å²) in [4.78, 5) is 11.6. The molecule has 0 saturated carbocycles. The average molecular weight is 250 g/mol. The number of amides is 1. The van der Waals surface area contributed by atoms with Crippen LogP contribution in [0.15, 0.2) is 30.3 Å². The number of hydrogen-bond acceptors (Lipinski definition) is 3. The van der Waals surface area contributed by atoms with Gasteiger partial charge >= 0.3 is 0 Å². The summed E-state index contributed by atoms with van der Waals surface area (Å²) in [7, 11) is 0. The lowest BCUT2D eigenvalue weighted by Crippen LogP contribution is -2.44. The van der Waals surface area contributed by atoms with Gasteiger partial charge in [-0.25, -0.2) is 0 Å². The van der Waals surface area contributed by atoms with Gasteiger partial charge in [-0.05, 0) is 11.5 Å². The van der Waals surface area contributed by atoms with Crippen molar-refractivity contribution in [2.75, 3.05) is 13.2 Å². The van der Waals surface area contributed by atoms with E-state index in [9.17, 15) is 4.79 Å². The van der Waals surface area contributed by atoms with E-state index in [-0.39, 0.29) is 12.5 Å². The SMILES string of the molecule is CC(C)CNC(=O)[C@@H](N)COCc1ccccc1. The molecule has 0 heterocycles. The first-order chi connectivity index (χ1) is 8.59. The fraction of sp³-hybridized carbons (Fsp3) is 0.500. The maximum atomic E-state index is 11.6. The van der Waals surface area contributed by atoms with Crippen LogP contribution in [0.1, 0.15) is 19.4 Å². The molecule has 0 saturated heterocycles. The van der Waals surface area contributed by atoms with Crippen molar-refractivity contribution in [3.63, 3.8) is 0 Å². The van der Waals surface area contributed by atoms with Gasteiger partial charge in [0.2, 0.25) is 5.91 Å². The average Bonchev–Trinajstić information content (AvgIpc) is 2.37. The smallest absolute Gasteiger partial charge is 0.239 e. The molecule has 4 heteroatoms. The van der Waals surface area contributed by atoms with Gasteiger partial charge in [-0.3, -0.25) is 4.79 Å². The van der Waals surface area contributed by atoms with Crippen molar-refractivity contribution in [3.8, 4) is 0 Å². The highest BCUT2D eigenvalue weighted by Gasteiger charge is 2.13. The predicted molar refractivity (Wildman–Crippen MR) is 71.9 cm³/mol. The maximum Gasteiger partial charge on any atom is 0.239 e. The standard InChI is InChI=1S/C14H22N2O2/c1-11(2)8-16-14(17)13(15)10-18-9-12-6-4-3-5-7-12/h3-7,11,13H,8-10,15H2,1-2H3,(H,16,17)/t13-/m0/s1. The van der Waals surface area contributed by atoms with Crippen LogP contribution >= 0.6 is 0 Å². The van der Waals surface area contributed by atoms with Crippen LogP contribution in [0.3, 0.4) is 0 Å². The molecule has 0 aliphatic rings. The molecule has 0 spiro atoms. The van der Waals surface area contributed by atoms with Gasteiger partial charge in [-0.15, -0.1) is 0 Å². The summed E-state index contributed by atoms with van der Waals surface area (Å²) in [6.07, 6.45) is 0. The molecule has 1 rings (SSSR count). The second kappa shape index (κ2) is 7.84. The van der Waals surface area contributed by atoms with E-state index < -0.39 is 6.04 Å². The van der Waals surface area contributed by atoms with Crippen LogP contribution in [0.4, 0.5) is 0 Å². The van der Waals surface area contributed by atoms with Gasteiger partial charge in [0.05, 0.1) is 13.2 Å². The minimum absolute atomic E-state index is 0.156. The highest BCUT2D eigenvalue weighted by atomic mass is 16.5. The van der Waals surface area contributed by atoms with E-state index in [1.54, 1.807) is 0 Å². The number of ether oxygens (including phenoxy) is 1. The highest BCUT2D eigenvalue weighted by molar-refractivity contribution is 5.81. The van der Waals surface area contributed by atoms with E-state index in [0.29, 0.717) is 19.1 Å². The molecule has 3 N–H and O–H groups in total. The molecule has 100 valence electrons. The van der Waals surface area contributed by atoms with Crippen molar-refractivity contribution in [1.29, 1.82) is 0 Å². The Kier molecular flexibility index (Phi) is 6.39. The van der Waals surface area contributed by atoms with E-state index in [0.717, 1.165) is 5.56 Å². The van der Waals surface area contributed by atoms with Crippen LogP contribution in [0.5, 0.6) is 0 Å². The van der Waals surface area contributed by atoms with Crippen molar-refractivity contribution in [2.45, 2.75) is 26.5 Å². The molecule has 0 bridgehead atoms. The number of nitrogens with one attached hydrogen (secondary N) is 1. The lowest BCUT2D eigenvalue weighted by atomic mass is 10.2. The van der Waals surface area contributed by atoms with Crippen LogP contribution in [0.2, 0.25) is 0 Å². The molecule has 1 amide bonds. The molecular weight excluding hydrogens is 228 g/mol. The molecule has 18 heavy (non-hydrogen) atoms. The van der Waals surface area contributed by atoms with Gasteiger partial charge in [0.25, 0.3) is 0 Å². The molecule has 0 radical (unpaired) electrons. The molecular formula is C14H22N2O2. The number of benzene rings is 1. The number of rotatable bonds is 7. The number of hydrogen-bond donors (Lipinski definition) is 2. The van der Waals surface area contributed by atoms with Crippen molar-refractivity contribution in [2.24, 2.45) is 11.7 Å². The molecule has 1 aromatic rings. The van der Waals surface area contributed by atoms with Gasteiger partial charge in [0, 0.05) is 6.54 Å². The fourth-order valence-electron chi connectivity index (χ4n) is 1.39. The van der Waals surface area contributed by atoms with E-state index >= 15 is 0 Å². The Bertz CT molecular complexity index is 352. The predicted octanol–water partition coefficient (Wildman–Crippen LogP) is 1.30. The number of nitrogens with two attached hydrogens (primary N) is 1. The van der Waals surface area contributed by atoms with Gasteiger partial charge in [-0.2, -0.15) is 0 Å². The maximum absolute atomic E-state index is 11.6. The molecule has 4 nitrogen and oxygen atoms in total. The first-order valence-electron chi connectivity index (χ1n) is 6.24. The first kappa shape index (κ1) is 14.7. The summed E-state index contributed by atoms with van der Waals surface area (Å²) >= 11 is 0. The highest BCUT2D eigenvalue weighted by Crippen LogP contribution is 2.00. The minimum atomic E-state index is -0.604.